The first-order valence-corrected chi connectivity index (χ1v) is 11.1. The highest BCUT2D eigenvalue weighted by atomic mass is 32.2. The predicted octanol–water partition coefficient (Wildman–Crippen LogP) is 3.81. The number of amides is 1. The maximum atomic E-state index is 12.6. The van der Waals surface area contributed by atoms with Gasteiger partial charge in [-0.05, 0) is 69.7 Å². The van der Waals surface area contributed by atoms with Gasteiger partial charge in [0.25, 0.3) is 5.91 Å². The number of carbonyl (C=O) groups excluding carboxylic acids is 1. The van der Waals surface area contributed by atoms with Crippen LogP contribution in [0.4, 0.5) is 5.69 Å². The SMILES string of the molecule is CCCOc1ccc(C(=O)Nc2ccc(S(=O)(=O)NC(C)C)cc2)cc1OCC. The quantitative estimate of drug-likeness (QED) is 0.610. The summed E-state index contributed by atoms with van der Waals surface area (Å²) in [4.78, 5) is 12.7. The van der Waals surface area contributed by atoms with E-state index in [2.05, 4.69) is 10.0 Å². The molecule has 2 N–H and O–H groups in total. The molecule has 0 fully saturated rings. The Bertz CT molecular complexity index is 925. The van der Waals surface area contributed by atoms with E-state index in [1.807, 2.05) is 13.8 Å². The van der Waals surface area contributed by atoms with Crippen LogP contribution in [0.15, 0.2) is 47.4 Å². The fourth-order valence-corrected chi connectivity index (χ4v) is 3.80. The summed E-state index contributed by atoms with van der Waals surface area (Å²) < 4.78 is 38.1. The van der Waals surface area contributed by atoms with Crippen molar-refractivity contribution in [3.63, 3.8) is 0 Å². The fourth-order valence-electron chi connectivity index (χ4n) is 2.55. The van der Waals surface area contributed by atoms with Gasteiger partial charge in [0.05, 0.1) is 18.1 Å². The second-order valence-electron chi connectivity index (χ2n) is 6.70. The van der Waals surface area contributed by atoms with Gasteiger partial charge in [-0.2, -0.15) is 0 Å². The average Bonchev–Trinajstić information content (AvgIpc) is 2.66. The number of rotatable bonds is 10. The lowest BCUT2D eigenvalue weighted by atomic mass is 10.2. The zero-order valence-electron chi connectivity index (χ0n) is 17.2. The van der Waals surface area contributed by atoms with Crippen LogP contribution < -0.4 is 19.5 Å². The number of hydrogen-bond donors (Lipinski definition) is 2. The van der Waals surface area contributed by atoms with Crippen LogP contribution >= 0.6 is 0 Å². The van der Waals surface area contributed by atoms with E-state index in [4.69, 9.17) is 9.47 Å². The lowest BCUT2D eigenvalue weighted by Crippen LogP contribution is -2.30. The van der Waals surface area contributed by atoms with E-state index in [-0.39, 0.29) is 16.8 Å². The van der Waals surface area contributed by atoms with Crippen molar-refractivity contribution in [3.8, 4) is 11.5 Å². The molecule has 2 rings (SSSR count). The Morgan fingerprint density at radius 2 is 1.69 bits per heavy atom. The van der Waals surface area contributed by atoms with Crippen molar-refractivity contribution >= 4 is 21.6 Å². The molecule has 0 bridgehead atoms. The number of benzene rings is 2. The van der Waals surface area contributed by atoms with Gasteiger partial charge in [0.2, 0.25) is 10.0 Å². The Kier molecular flexibility index (Phi) is 8.04. The Morgan fingerprint density at radius 1 is 1.00 bits per heavy atom. The lowest BCUT2D eigenvalue weighted by molar-refractivity contribution is 0.102. The van der Waals surface area contributed by atoms with Gasteiger partial charge < -0.3 is 14.8 Å². The maximum absolute atomic E-state index is 12.6. The molecule has 0 aliphatic carbocycles. The van der Waals surface area contributed by atoms with Crippen molar-refractivity contribution in [2.24, 2.45) is 0 Å². The third-order valence-electron chi connectivity index (χ3n) is 3.78. The summed E-state index contributed by atoms with van der Waals surface area (Å²) in [5.41, 5.74) is 0.901. The van der Waals surface area contributed by atoms with Crippen LogP contribution in [-0.2, 0) is 10.0 Å². The predicted molar refractivity (Wildman–Crippen MR) is 113 cm³/mol. The summed E-state index contributed by atoms with van der Waals surface area (Å²) in [7, 11) is -3.57. The van der Waals surface area contributed by atoms with Gasteiger partial charge >= 0.3 is 0 Å². The third kappa shape index (κ3) is 6.47. The third-order valence-corrected chi connectivity index (χ3v) is 5.46. The molecule has 7 nitrogen and oxygen atoms in total. The van der Waals surface area contributed by atoms with Crippen LogP contribution in [0.25, 0.3) is 0 Å². The summed E-state index contributed by atoms with van der Waals surface area (Å²) in [6.07, 6.45) is 0.867. The van der Waals surface area contributed by atoms with Gasteiger partial charge in [0, 0.05) is 17.3 Å². The van der Waals surface area contributed by atoms with Gasteiger partial charge in [-0.1, -0.05) is 6.92 Å². The molecule has 0 aromatic heterocycles. The van der Waals surface area contributed by atoms with Gasteiger partial charge in [-0.25, -0.2) is 13.1 Å². The molecule has 0 saturated heterocycles. The molecule has 8 heteroatoms. The Morgan fingerprint density at radius 3 is 2.28 bits per heavy atom. The molecule has 1 amide bonds. The molecular weight excluding hydrogens is 392 g/mol. The van der Waals surface area contributed by atoms with Gasteiger partial charge in [0.15, 0.2) is 11.5 Å². The highest BCUT2D eigenvalue weighted by Crippen LogP contribution is 2.29. The summed E-state index contributed by atoms with van der Waals surface area (Å²) in [5, 5.41) is 2.76. The number of carbonyl (C=O) groups is 1. The minimum Gasteiger partial charge on any atom is -0.490 e. The van der Waals surface area contributed by atoms with Crippen molar-refractivity contribution in [2.75, 3.05) is 18.5 Å². The first-order chi connectivity index (χ1) is 13.8. The monoisotopic (exact) mass is 420 g/mol. The van der Waals surface area contributed by atoms with Crippen LogP contribution in [-0.4, -0.2) is 33.6 Å². The van der Waals surface area contributed by atoms with E-state index in [0.717, 1.165) is 6.42 Å². The Labute approximate surface area is 172 Å². The molecular formula is C21H28N2O5S. The number of nitrogens with one attached hydrogen (secondary N) is 2. The van der Waals surface area contributed by atoms with Crippen molar-refractivity contribution in [3.05, 3.63) is 48.0 Å². The van der Waals surface area contributed by atoms with Crippen molar-refractivity contribution in [1.29, 1.82) is 0 Å². The molecule has 0 saturated carbocycles. The molecule has 0 aliphatic rings. The molecule has 2 aromatic rings. The molecule has 0 atom stereocenters. The van der Waals surface area contributed by atoms with E-state index < -0.39 is 10.0 Å². The number of sulfonamides is 1. The topological polar surface area (TPSA) is 93.7 Å². The van der Waals surface area contributed by atoms with E-state index >= 15 is 0 Å². The summed E-state index contributed by atoms with van der Waals surface area (Å²) in [6.45, 7) is 8.39. The highest BCUT2D eigenvalue weighted by molar-refractivity contribution is 7.89. The van der Waals surface area contributed by atoms with Crippen LogP contribution in [0.5, 0.6) is 11.5 Å². The molecule has 0 unspecified atom stereocenters. The van der Waals surface area contributed by atoms with E-state index in [0.29, 0.717) is 36.0 Å². The molecule has 0 aliphatic heterocycles. The lowest BCUT2D eigenvalue weighted by Gasteiger charge is -2.13. The highest BCUT2D eigenvalue weighted by Gasteiger charge is 2.16. The number of ether oxygens (including phenoxy) is 2. The first-order valence-electron chi connectivity index (χ1n) is 9.60. The second-order valence-corrected chi connectivity index (χ2v) is 8.41. The standard InChI is InChI=1S/C21H28N2O5S/c1-5-13-28-19-12-7-16(14-20(19)27-6-2)21(24)22-17-8-10-18(11-9-17)29(25,26)23-15(3)4/h7-12,14-15,23H,5-6,13H2,1-4H3,(H,22,24). The van der Waals surface area contributed by atoms with E-state index in [1.165, 1.54) is 12.1 Å². The molecule has 0 radical (unpaired) electrons. The smallest absolute Gasteiger partial charge is 0.255 e. The molecule has 29 heavy (non-hydrogen) atoms. The van der Waals surface area contributed by atoms with Crippen LogP contribution in [0.1, 0.15) is 44.5 Å². The van der Waals surface area contributed by atoms with Crippen molar-refractivity contribution in [2.45, 2.75) is 45.1 Å². The van der Waals surface area contributed by atoms with Gasteiger partial charge in [-0.3, -0.25) is 4.79 Å². The molecule has 158 valence electrons. The molecule has 0 heterocycles. The number of hydrogen-bond acceptors (Lipinski definition) is 5. The van der Waals surface area contributed by atoms with Gasteiger partial charge in [0.1, 0.15) is 0 Å². The Hall–Kier alpha value is -2.58. The minimum absolute atomic E-state index is 0.139. The summed E-state index contributed by atoms with van der Waals surface area (Å²) in [5.74, 6) is 0.774. The van der Waals surface area contributed by atoms with E-state index in [1.54, 1.807) is 44.2 Å². The maximum Gasteiger partial charge on any atom is 0.255 e. The van der Waals surface area contributed by atoms with Crippen LogP contribution in [0, 0.1) is 0 Å². The molecule has 0 spiro atoms. The van der Waals surface area contributed by atoms with Gasteiger partial charge in [-0.15, -0.1) is 0 Å². The zero-order chi connectivity index (χ0) is 21.4. The largest absolute Gasteiger partial charge is 0.490 e. The Balaban J connectivity index is 2.14. The van der Waals surface area contributed by atoms with Crippen molar-refractivity contribution < 1.29 is 22.7 Å². The molecule has 2 aromatic carbocycles. The van der Waals surface area contributed by atoms with E-state index in [9.17, 15) is 13.2 Å². The number of anilines is 1. The minimum atomic E-state index is -3.57. The fraction of sp³-hybridized carbons (Fsp3) is 0.381. The normalized spacial score (nSPS) is 11.3. The first kappa shape index (κ1) is 22.7. The second kappa shape index (κ2) is 10.3. The summed E-state index contributed by atoms with van der Waals surface area (Å²) in [6, 6.07) is 10.8. The van der Waals surface area contributed by atoms with Crippen LogP contribution in [0.2, 0.25) is 0 Å². The zero-order valence-corrected chi connectivity index (χ0v) is 18.0. The average molecular weight is 421 g/mol. The van der Waals surface area contributed by atoms with Crippen LogP contribution in [0.3, 0.4) is 0 Å². The summed E-state index contributed by atoms with van der Waals surface area (Å²) >= 11 is 0. The van der Waals surface area contributed by atoms with Crippen molar-refractivity contribution in [1.82, 2.24) is 4.72 Å².